The lowest BCUT2D eigenvalue weighted by Crippen LogP contribution is -2.09. The summed E-state index contributed by atoms with van der Waals surface area (Å²) in [6, 6.07) is 11.9. The Bertz CT molecular complexity index is 1390. The van der Waals surface area contributed by atoms with Crippen molar-refractivity contribution in [3.8, 4) is 28.6 Å². The van der Waals surface area contributed by atoms with Crippen LogP contribution < -0.4 is 19.5 Å². The van der Waals surface area contributed by atoms with E-state index in [2.05, 4.69) is 11.4 Å². The third-order valence-electron chi connectivity index (χ3n) is 6.85. The number of nitrogens with zero attached hydrogens (tertiary/aromatic N) is 4. The van der Waals surface area contributed by atoms with E-state index >= 15 is 0 Å². The van der Waals surface area contributed by atoms with E-state index in [4.69, 9.17) is 29.3 Å². The van der Waals surface area contributed by atoms with Crippen molar-refractivity contribution in [3.05, 3.63) is 53.5 Å². The van der Waals surface area contributed by atoms with Crippen LogP contribution in [0, 0.1) is 0 Å². The molecule has 0 unspecified atom stereocenters. The van der Waals surface area contributed by atoms with Crippen LogP contribution in [0.15, 0.2) is 36.4 Å². The first kappa shape index (κ1) is 20.8. The Labute approximate surface area is 197 Å². The smallest absolute Gasteiger partial charge is 0.182 e. The number of imidazole rings is 1. The normalized spacial score (nSPS) is 15.0. The van der Waals surface area contributed by atoms with Crippen molar-refractivity contribution in [3.63, 3.8) is 0 Å². The van der Waals surface area contributed by atoms with Gasteiger partial charge in [0.1, 0.15) is 17.1 Å². The van der Waals surface area contributed by atoms with E-state index < -0.39 is 0 Å². The van der Waals surface area contributed by atoms with Gasteiger partial charge in [-0.15, -0.1) is 5.10 Å². The highest BCUT2D eigenvalue weighted by molar-refractivity contribution is 5.80. The molecule has 2 aromatic carbocycles. The third-order valence-corrected chi connectivity index (χ3v) is 6.85. The minimum Gasteiger partial charge on any atom is -0.496 e. The number of methoxy groups -OCH3 is 3. The molecule has 2 aromatic heterocycles. The van der Waals surface area contributed by atoms with Gasteiger partial charge in [0.25, 0.3) is 0 Å². The molecule has 0 radical (unpaired) electrons. The molecule has 2 bridgehead atoms. The second-order valence-electron chi connectivity index (χ2n) is 8.84. The summed E-state index contributed by atoms with van der Waals surface area (Å²) in [5.41, 5.74) is 4.81. The van der Waals surface area contributed by atoms with Crippen LogP contribution in [0.5, 0.6) is 17.2 Å². The number of hydrogen-bond acceptors (Lipinski definition) is 7. The highest BCUT2D eigenvalue weighted by Crippen LogP contribution is 2.39. The van der Waals surface area contributed by atoms with E-state index in [1.165, 1.54) is 12.8 Å². The van der Waals surface area contributed by atoms with Gasteiger partial charge in [0.15, 0.2) is 23.1 Å². The van der Waals surface area contributed by atoms with Crippen LogP contribution in [0.25, 0.3) is 16.9 Å². The van der Waals surface area contributed by atoms with Crippen molar-refractivity contribution in [2.75, 3.05) is 26.6 Å². The van der Waals surface area contributed by atoms with Gasteiger partial charge >= 0.3 is 0 Å². The lowest BCUT2D eigenvalue weighted by Gasteiger charge is -2.17. The highest BCUT2D eigenvalue weighted by atomic mass is 16.5. The Kier molecular flexibility index (Phi) is 5.01. The Hall–Kier alpha value is -3.81. The second-order valence-corrected chi connectivity index (χ2v) is 8.84. The molecule has 1 aliphatic carbocycles. The lowest BCUT2D eigenvalue weighted by atomic mass is 10.1. The van der Waals surface area contributed by atoms with E-state index in [1.807, 2.05) is 34.8 Å². The van der Waals surface area contributed by atoms with Crippen molar-refractivity contribution < 1.29 is 14.2 Å². The molecular weight excluding hydrogens is 430 g/mol. The number of fused-ring (bicyclic) bond motifs is 2. The molecule has 1 saturated carbocycles. The molecule has 2 aliphatic rings. The molecule has 0 atom stereocenters. The largest absolute Gasteiger partial charge is 0.496 e. The third kappa shape index (κ3) is 3.32. The van der Waals surface area contributed by atoms with Crippen molar-refractivity contribution in [1.82, 2.24) is 19.6 Å². The number of ether oxygens (including phenoxy) is 3. The monoisotopic (exact) mass is 457 g/mol. The van der Waals surface area contributed by atoms with Crippen LogP contribution >= 0.6 is 0 Å². The van der Waals surface area contributed by atoms with Gasteiger partial charge in [0, 0.05) is 29.2 Å². The van der Waals surface area contributed by atoms with E-state index in [-0.39, 0.29) is 0 Å². The van der Waals surface area contributed by atoms with Gasteiger partial charge in [-0.05, 0) is 49.2 Å². The Morgan fingerprint density at radius 1 is 0.882 bits per heavy atom. The molecule has 8 heteroatoms. The summed E-state index contributed by atoms with van der Waals surface area (Å²) in [7, 11) is 4.97. The summed E-state index contributed by atoms with van der Waals surface area (Å²) in [5, 5.41) is 8.53. The van der Waals surface area contributed by atoms with Crippen LogP contribution in [0.2, 0.25) is 0 Å². The fourth-order valence-electron chi connectivity index (χ4n) is 5.16. The Balaban J connectivity index is 1.57. The van der Waals surface area contributed by atoms with Gasteiger partial charge in [-0.2, -0.15) is 0 Å². The summed E-state index contributed by atoms with van der Waals surface area (Å²) in [6.07, 6.45) is 5.38. The van der Waals surface area contributed by atoms with Crippen molar-refractivity contribution in [1.29, 1.82) is 0 Å². The average molecular weight is 458 g/mol. The number of aromatic nitrogens is 4. The standard InChI is InChI=1S/C26H27N5O3/c1-32-20-11-9-18-12-17(20)13-19-23-25(27-18)29-24(16-8-10-21(33-2)22(14-16)34-3)30-31(23)26(28-19)15-6-4-5-7-15/h8-12,14-15H,4-7,13H2,1-3H3,(H,27,29,30). The number of anilines is 2. The topological polar surface area (TPSA) is 82.8 Å². The van der Waals surface area contributed by atoms with Crippen LogP contribution in [-0.2, 0) is 6.42 Å². The SMILES string of the molecule is COc1ccc2cc1Cc1nc(C3CCCC3)n3nc(-c4ccc(OC)c(OC)c4)nc(c13)N2. The molecule has 34 heavy (non-hydrogen) atoms. The first-order valence-electron chi connectivity index (χ1n) is 11.6. The minimum atomic E-state index is 0.396. The fraction of sp³-hybridized carbons (Fsp3) is 0.346. The number of nitrogens with one attached hydrogen (secondary N) is 1. The maximum Gasteiger partial charge on any atom is 0.182 e. The van der Waals surface area contributed by atoms with Crippen LogP contribution in [0.4, 0.5) is 11.5 Å². The van der Waals surface area contributed by atoms with Crippen LogP contribution in [0.1, 0.15) is 48.7 Å². The maximum absolute atomic E-state index is 5.61. The van der Waals surface area contributed by atoms with Crippen molar-refractivity contribution >= 4 is 17.0 Å². The number of hydrogen-bond donors (Lipinski definition) is 1. The van der Waals surface area contributed by atoms with Gasteiger partial charge in [0.2, 0.25) is 0 Å². The molecule has 0 spiro atoms. The van der Waals surface area contributed by atoms with Crippen molar-refractivity contribution in [2.24, 2.45) is 0 Å². The van der Waals surface area contributed by atoms with Crippen LogP contribution in [-0.4, -0.2) is 40.9 Å². The van der Waals surface area contributed by atoms with Crippen molar-refractivity contribution in [2.45, 2.75) is 38.0 Å². The molecule has 6 rings (SSSR count). The predicted molar refractivity (Wildman–Crippen MR) is 130 cm³/mol. The molecule has 1 aliphatic heterocycles. The quantitative estimate of drug-likeness (QED) is 0.392. The Morgan fingerprint density at radius 2 is 1.65 bits per heavy atom. The van der Waals surface area contributed by atoms with Crippen LogP contribution in [0.3, 0.4) is 0 Å². The van der Waals surface area contributed by atoms with Gasteiger partial charge in [-0.3, -0.25) is 0 Å². The first-order valence-corrected chi connectivity index (χ1v) is 11.6. The summed E-state index contributed by atoms with van der Waals surface area (Å²) < 4.78 is 18.6. The predicted octanol–water partition coefficient (Wildman–Crippen LogP) is 5.12. The summed E-state index contributed by atoms with van der Waals surface area (Å²) in [6.45, 7) is 0. The average Bonchev–Trinajstić information content (AvgIpc) is 3.51. The molecular formula is C26H27N5O3. The molecule has 4 aromatic rings. The molecule has 3 heterocycles. The number of rotatable bonds is 5. The molecule has 0 amide bonds. The fourth-order valence-corrected chi connectivity index (χ4v) is 5.16. The van der Waals surface area contributed by atoms with E-state index in [1.54, 1.807) is 21.3 Å². The zero-order valence-electron chi connectivity index (χ0n) is 19.6. The zero-order valence-corrected chi connectivity index (χ0v) is 19.6. The minimum absolute atomic E-state index is 0.396. The summed E-state index contributed by atoms with van der Waals surface area (Å²) in [4.78, 5) is 10.1. The first-order chi connectivity index (χ1) is 16.7. The highest BCUT2D eigenvalue weighted by Gasteiger charge is 2.28. The molecule has 8 nitrogen and oxygen atoms in total. The van der Waals surface area contributed by atoms with E-state index in [0.29, 0.717) is 29.7 Å². The lowest BCUT2D eigenvalue weighted by molar-refractivity contribution is 0.355. The summed E-state index contributed by atoms with van der Waals surface area (Å²) in [5.74, 6) is 4.94. The summed E-state index contributed by atoms with van der Waals surface area (Å²) >= 11 is 0. The Morgan fingerprint density at radius 3 is 2.41 bits per heavy atom. The van der Waals surface area contributed by atoms with E-state index in [9.17, 15) is 0 Å². The maximum atomic E-state index is 5.61. The van der Waals surface area contributed by atoms with Gasteiger partial charge in [0.05, 0.1) is 27.0 Å². The second kappa shape index (κ2) is 8.20. The molecule has 174 valence electrons. The molecule has 1 fully saturated rings. The van der Waals surface area contributed by atoms with Gasteiger partial charge < -0.3 is 19.5 Å². The van der Waals surface area contributed by atoms with Gasteiger partial charge in [-0.1, -0.05) is 12.8 Å². The van der Waals surface area contributed by atoms with E-state index in [0.717, 1.165) is 58.3 Å². The number of benzene rings is 2. The zero-order chi connectivity index (χ0) is 23.2. The molecule has 0 saturated heterocycles. The molecule has 1 N–H and O–H groups in total. The van der Waals surface area contributed by atoms with Gasteiger partial charge in [-0.25, -0.2) is 14.5 Å².